The van der Waals surface area contributed by atoms with Gasteiger partial charge >= 0.3 is 11.9 Å². The Morgan fingerprint density at radius 1 is 0.533 bits per heavy atom. The summed E-state index contributed by atoms with van der Waals surface area (Å²) in [6.45, 7) is 3.94. The summed E-state index contributed by atoms with van der Waals surface area (Å²) in [5, 5.41) is 9.51. The molecule has 0 amide bonds. The number of esters is 2. The van der Waals surface area contributed by atoms with E-state index < -0.39 is 12.1 Å². The summed E-state index contributed by atoms with van der Waals surface area (Å²) in [5.41, 5.74) is 0. The number of aliphatic hydroxyl groups excluding tert-OH is 1. The maximum atomic E-state index is 12.1. The van der Waals surface area contributed by atoms with Gasteiger partial charge in [0, 0.05) is 12.8 Å². The average molecular weight is 629 g/mol. The third kappa shape index (κ3) is 34.3. The highest BCUT2D eigenvalue weighted by Gasteiger charge is 2.15. The highest BCUT2D eigenvalue weighted by atomic mass is 16.6. The van der Waals surface area contributed by atoms with Crippen LogP contribution >= 0.6 is 0 Å². The molecule has 0 aliphatic rings. The van der Waals surface area contributed by atoms with Gasteiger partial charge in [0.05, 0.1) is 6.61 Å². The molecular formula is C40H68O5. The number of allylic oxidation sites excluding steroid dienone is 10. The van der Waals surface area contributed by atoms with Gasteiger partial charge in [0.15, 0.2) is 6.10 Å². The summed E-state index contributed by atoms with van der Waals surface area (Å²) in [7, 11) is 0. The predicted octanol–water partition coefficient (Wildman–Crippen LogP) is 11.2. The Labute approximate surface area is 277 Å². The zero-order valence-corrected chi connectivity index (χ0v) is 29.1. The summed E-state index contributed by atoms with van der Waals surface area (Å²) < 4.78 is 10.5. The number of unbranched alkanes of at least 4 members (excludes halogenated alkanes) is 14. The van der Waals surface area contributed by atoms with Crippen molar-refractivity contribution in [3.63, 3.8) is 0 Å². The Hall–Kier alpha value is -2.40. The number of rotatable bonds is 32. The summed E-state index contributed by atoms with van der Waals surface area (Å²) >= 11 is 0. The number of carbonyl (C=O) groups excluding carboxylic acids is 2. The maximum Gasteiger partial charge on any atom is 0.306 e. The fourth-order valence-corrected chi connectivity index (χ4v) is 4.80. The Morgan fingerprint density at radius 2 is 1.00 bits per heavy atom. The summed E-state index contributed by atoms with van der Waals surface area (Å²) in [6.07, 6.45) is 45.8. The SMILES string of the molecule is CC/C=C\C/C=C\C/C=C\C/C=C\CCC(=O)OC(CO)COC(=O)CCCCCCCCC/C=C\CCCCCCCCC. The molecule has 0 saturated heterocycles. The highest BCUT2D eigenvalue weighted by Crippen LogP contribution is 2.12. The molecule has 0 rings (SSSR count). The number of carbonyl (C=O) groups is 2. The molecule has 1 atom stereocenters. The van der Waals surface area contributed by atoms with Crippen LogP contribution in [0.4, 0.5) is 0 Å². The molecule has 0 saturated carbocycles. The standard InChI is InChI=1S/C40H68O5/c1-3-5-7-9-11-13-15-17-18-19-20-21-23-24-26-28-30-32-34-39(42)44-37-38(36-41)45-40(43)35-33-31-29-27-25-22-16-14-12-10-8-6-4-2/h6,8,12,14,18-19,22,25,29,31,38,41H,3-5,7,9-11,13,15-17,20-21,23-24,26-28,30,32-37H2,1-2H3/b8-6-,14-12-,19-18-,25-22-,31-29-. The Bertz CT molecular complexity index is 808. The Kier molecular flexibility index (Phi) is 34.1. The summed E-state index contributed by atoms with van der Waals surface area (Å²) in [6, 6.07) is 0. The van der Waals surface area contributed by atoms with Crippen LogP contribution < -0.4 is 0 Å². The lowest BCUT2D eigenvalue weighted by atomic mass is 10.1. The van der Waals surface area contributed by atoms with Crippen molar-refractivity contribution in [2.75, 3.05) is 13.2 Å². The number of ether oxygens (including phenoxy) is 2. The number of hydrogen-bond acceptors (Lipinski definition) is 5. The molecule has 0 fully saturated rings. The van der Waals surface area contributed by atoms with Crippen LogP contribution in [0, 0.1) is 0 Å². The zero-order chi connectivity index (χ0) is 32.9. The van der Waals surface area contributed by atoms with Crippen molar-refractivity contribution in [1.82, 2.24) is 0 Å². The molecule has 0 aliphatic carbocycles. The second-order valence-electron chi connectivity index (χ2n) is 11.9. The van der Waals surface area contributed by atoms with Crippen molar-refractivity contribution in [1.29, 1.82) is 0 Å². The van der Waals surface area contributed by atoms with Crippen LogP contribution in [0.3, 0.4) is 0 Å². The fourth-order valence-electron chi connectivity index (χ4n) is 4.80. The van der Waals surface area contributed by atoms with E-state index in [1.54, 1.807) is 0 Å². The fraction of sp³-hybridized carbons (Fsp3) is 0.700. The molecule has 45 heavy (non-hydrogen) atoms. The van der Waals surface area contributed by atoms with Gasteiger partial charge in [-0.25, -0.2) is 0 Å². The van der Waals surface area contributed by atoms with Gasteiger partial charge in [-0.2, -0.15) is 0 Å². The van der Waals surface area contributed by atoms with Gasteiger partial charge in [-0.15, -0.1) is 0 Å². The third-order valence-corrected chi connectivity index (χ3v) is 7.56. The topological polar surface area (TPSA) is 72.8 Å². The molecule has 1 unspecified atom stereocenters. The second-order valence-corrected chi connectivity index (χ2v) is 11.9. The maximum absolute atomic E-state index is 12.1. The zero-order valence-electron chi connectivity index (χ0n) is 29.1. The van der Waals surface area contributed by atoms with Crippen LogP contribution in [-0.2, 0) is 19.1 Å². The van der Waals surface area contributed by atoms with E-state index in [1.807, 2.05) is 12.2 Å². The monoisotopic (exact) mass is 629 g/mol. The number of aliphatic hydroxyl groups is 1. The second kappa shape index (κ2) is 36.1. The largest absolute Gasteiger partial charge is 0.462 e. The molecule has 0 aromatic heterocycles. The lowest BCUT2D eigenvalue weighted by Crippen LogP contribution is -2.28. The van der Waals surface area contributed by atoms with Crippen molar-refractivity contribution in [3.8, 4) is 0 Å². The van der Waals surface area contributed by atoms with Crippen LogP contribution in [0.25, 0.3) is 0 Å². The highest BCUT2D eigenvalue weighted by molar-refractivity contribution is 5.70. The first-order valence-corrected chi connectivity index (χ1v) is 18.3. The average Bonchev–Trinajstić information content (AvgIpc) is 3.04. The van der Waals surface area contributed by atoms with Crippen LogP contribution in [0.2, 0.25) is 0 Å². The lowest BCUT2D eigenvalue weighted by molar-refractivity contribution is -0.161. The number of hydrogen-bond donors (Lipinski definition) is 1. The summed E-state index contributed by atoms with van der Waals surface area (Å²) in [4.78, 5) is 24.1. The van der Waals surface area contributed by atoms with Crippen LogP contribution in [-0.4, -0.2) is 36.4 Å². The quantitative estimate of drug-likeness (QED) is 0.0456. The van der Waals surface area contributed by atoms with E-state index in [4.69, 9.17) is 9.47 Å². The van der Waals surface area contributed by atoms with Gasteiger partial charge in [0.2, 0.25) is 0 Å². The normalized spacial score (nSPS) is 12.9. The van der Waals surface area contributed by atoms with Gasteiger partial charge in [0.1, 0.15) is 6.61 Å². The van der Waals surface area contributed by atoms with E-state index in [1.165, 1.54) is 83.5 Å². The van der Waals surface area contributed by atoms with Crippen molar-refractivity contribution in [2.45, 2.75) is 168 Å². The van der Waals surface area contributed by atoms with Crippen molar-refractivity contribution < 1.29 is 24.2 Å². The summed E-state index contributed by atoms with van der Waals surface area (Å²) in [5.74, 6) is -0.695. The van der Waals surface area contributed by atoms with Gasteiger partial charge in [-0.1, -0.05) is 145 Å². The minimum atomic E-state index is -0.811. The molecule has 5 heteroatoms. The molecule has 0 radical (unpaired) electrons. The van der Waals surface area contributed by atoms with E-state index >= 15 is 0 Å². The first kappa shape index (κ1) is 42.6. The van der Waals surface area contributed by atoms with E-state index in [2.05, 4.69) is 62.5 Å². The van der Waals surface area contributed by atoms with Crippen LogP contribution in [0.1, 0.15) is 162 Å². The van der Waals surface area contributed by atoms with E-state index in [0.717, 1.165) is 44.9 Å². The first-order valence-electron chi connectivity index (χ1n) is 18.3. The predicted molar refractivity (Wildman–Crippen MR) is 191 cm³/mol. The molecule has 0 spiro atoms. The Balaban J connectivity index is 3.66. The van der Waals surface area contributed by atoms with Crippen molar-refractivity contribution in [2.24, 2.45) is 0 Å². The lowest BCUT2D eigenvalue weighted by Gasteiger charge is -2.15. The molecule has 258 valence electrons. The van der Waals surface area contributed by atoms with Crippen LogP contribution in [0.15, 0.2) is 60.8 Å². The van der Waals surface area contributed by atoms with E-state index in [-0.39, 0.29) is 25.6 Å². The Morgan fingerprint density at radius 3 is 1.53 bits per heavy atom. The van der Waals surface area contributed by atoms with Crippen molar-refractivity contribution in [3.05, 3.63) is 60.8 Å². The molecule has 1 N–H and O–H groups in total. The van der Waals surface area contributed by atoms with Gasteiger partial charge in [0.25, 0.3) is 0 Å². The molecule has 0 bridgehead atoms. The van der Waals surface area contributed by atoms with E-state index in [9.17, 15) is 14.7 Å². The van der Waals surface area contributed by atoms with Gasteiger partial charge < -0.3 is 14.6 Å². The van der Waals surface area contributed by atoms with Crippen molar-refractivity contribution >= 4 is 11.9 Å². The van der Waals surface area contributed by atoms with Gasteiger partial charge in [-0.3, -0.25) is 9.59 Å². The minimum Gasteiger partial charge on any atom is -0.462 e. The molecular weight excluding hydrogens is 560 g/mol. The molecule has 5 nitrogen and oxygen atoms in total. The molecule has 0 aliphatic heterocycles. The molecule has 0 aromatic carbocycles. The molecule has 0 aromatic rings. The van der Waals surface area contributed by atoms with E-state index in [0.29, 0.717) is 12.8 Å². The van der Waals surface area contributed by atoms with Gasteiger partial charge in [-0.05, 0) is 64.2 Å². The minimum absolute atomic E-state index is 0.0987. The third-order valence-electron chi connectivity index (χ3n) is 7.56. The smallest absolute Gasteiger partial charge is 0.306 e. The first-order chi connectivity index (χ1) is 22.1. The molecule has 0 heterocycles. The van der Waals surface area contributed by atoms with Crippen LogP contribution in [0.5, 0.6) is 0 Å².